The van der Waals surface area contributed by atoms with Crippen LogP contribution in [0.1, 0.15) is 0 Å². The molecule has 0 aliphatic carbocycles. The van der Waals surface area contributed by atoms with Crippen LogP contribution in [0.3, 0.4) is 0 Å². The quantitative estimate of drug-likeness (QED) is 0.461. The van der Waals surface area contributed by atoms with E-state index in [9.17, 15) is 43.2 Å². The van der Waals surface area contributed by atoms with E-state index in [4.69, 9.17) is 0 Å². The second-order valence-corrected chi connectivity index (χ2v) is 5.55. The van der Waals surface area contributed by atoms with Gasteiger partial charge >= 0.3 is 31.1 Å². The maximum atomic E-state index is 11.6. The Hall–Kier alpha value is -1.05. The molecule has 102 valence electrons. The van der Waals surface area contributed by atoms with Crippen LogP contribution >= 0.6 is 0 Å². The van der Waals surface area contributed by atoms with E-state index in [0.717, 1.165) is 0 Å². The van der Waals surface area contributed by atoms with Crippen LogP contribution in [-0.2, 0) is 20.0 Å². The van der Waals surface area contributed by atoms with E-state index in [2.05, 4.69) is 0 Å². The summed E-state index contributed by atoms with van der Waals surface area (Å²) in [7, 11) is -12.1. The van der Waals surface area contributed by atoms with E-state index >= 15 is 0 Å². The molecule has 0 unspecified atom stereocenters. The van der Waals surface area contributed by atoms with Crippen LogP contribution in [0.25, 0.3) is 0 Å². The molecule has 6 nitrogen and oxygen atoms in total. The predicted molar refractivity (Wildman–Crippen MR) is 41.6 cm³/mol. The molecule has 17 heavy (non-hydrogen) atoms. The van der Waals surface area contributed by atoms with Gasteiger partial charge in [0.2, 0.25) is 0 Å². The molecule has 0 spiro atoms. The van der Waals surface area contributed by atoms with Gasteiger partial charge in [0.05, 0.1) is 0 Å². The van der Waals surface area contributed by atoms with Gasteiger partial charge in [-0.2, -0.15) is 43.2 Å². The second-order valence-electron chi connectivity index (χ2n) is 2.22. The first-order valence-electron chi connectivity index (χ1n) is 3.14. The largest absolute Gasteiger partial charge is 0.518 e. The monoisotopic (exact) mass is 308 g/mol. The Kier molecular flexibility index (Phi) is 4.05. The van der Waals surface area contributed by atoms with Gasteiger partial charge in [0.1, 0.15) is 6.34 Å². The fourth-order valence-electron chi connectivity index (χ4n) is 0.287. The van der Waals surface area contributed by atoms with Crippen LogP contribution in [0.15, 0.2) is 4.40 Å². The van der Waals surface area contributed by atoms with E-state index in [1.165, 1.54) is 0 Å². The summed E-state index contributed by atoms with van der Waals surface area (Å²) in [5, 5.41) is 0. The standard InChI is InChI=1S/C3H2F6N2O4S2/c4-2(5,6)16(12,13)10-1-11-17(14,15)3(7,8)9/h1H,(H,10,11). The van der Waals surface area contributed by atoms with Gasteiger partial charge in [0.15, 0.2) is 0 Å². The van der Waals surface area contributed by atoms with Crippen molar-refractivity contribution >= 4 is 26.4 Å². The van der Waals surface area contributed by atoms with Crippen LogP contribution in [0.2, 0.25) is 0 Å². The summed E-state index contributed by atoms with van der Waals surface area (Å²) in [6.07, 6.45) is -0.731. The van der Waals surface area contributed by atoms with Crippen molar-refractivity contribution in [2.45, 2.75) is 11.0 Å². The molecular formula is C3H2F6N2O4S2. The summed E-state index contributed by atoms with van der Waals surface area (Å²) in [5.41, 5.74) is -11.6. The third-order valence-electron chi connectivity index (χ3n) is 0.997. The molecule has 0 aliphatic heterocycles. The minimum Gasteiger partial charge on any atom is -0.265 e. The van der Waals surface area contributed by atoms with Crippen molar-refractivity contribution in [3.05, 3.63) is 0 Å². The Morgan fingerprint density at radius 1 is 0.882 bits per heavy atom. The molecule has 0 bridgehead atoms. The van der Waals surface area contributed by atoms with Crippen molar-refractivity contribution in [3.8, 4) is 0 Å². The number of hydrogen-bond donors (Lipinski definition) is 1. The number of nitrogens with zero attached hydrogens (tertiary/aromatic N) is 1. The van der Waals surface area contributed by atoms with Crippen molar-refractivity contribution in [3.63, 3.8) is 0 Å². The Bertz CT molecular complexity index is 498. The number of sulfonamides is 2. The zero-order valence-electron chi connectivity index (χ0n) is 7.24. The average molecular weight is 308 g/mol. The van der Waals surface area contributed by atoms with Crippen LogP contribution in [0, 0.1) is 0 Å². The Morgan fingerprint density at radius 2 is 1.29 bits per heavy atom. The molecule has 0 aliphatic rings. The van der Waals surface area contributed by atoms with E-state index in [-0.39, 0.29) is 0 Å². The molecule has 0 aromatic carbocycles. The highest BCUT2D eigenvalue weighted by atomic mass is 32.2. The molecule has 14 heteroatoms. The molecule has 0 saturated heterocycles. The van der Waals surface area contributed by atoms with Crippen LogP contribution < -0.4 is 4.72 Å². The van der Waals surface area contributed by atoms with Gasteiger partial charge in [-0.05, 0) is 0 Å². The molecular weight excluding hydrogens is 306 g/mol. The Balaban J connectivity index is 4.97. The molecule has 0 heterocycles. The molecule has 0 rings (SSSR count). The lowest BCUT2D eigenvalue weighted by atomic mass is 11.4. The first-order valence-corrected chi connectivity index (χ1v) is 6.07. The number of halogens is 6. The summed E-state index contributed by atoms with van der Waals surface area (Å²) < 4.78 is 112. The molecule has 0 aromatic rings. The highest BCUT2D eigenvalue weighted by molar-refractivity contribution is 7.92. The van der Waals surface area contributed by atoms with Gasteiger partial charge in [-0.1, -0.05) is 0 Å². The topological polar surface area (TPSA) is 92.7 Å². The van der Waals surface area contributed by atoms with Gasteiger partial charge < -0.3 is 0 Å². The van der Waals surface area contributed by atoms with Gasteiger partial charge in [-0.15, -0.1) is 4.40 Å². The van der Waals surface area contributed by atoms with Crippen molar-refractivity contribution in [1.82, 2.24) is 4.72 Å². The van der Waals surface area contributed by atoms with Crippen molar-refractivity contribution in [2.24, 2.45) is 4.40 Å². The summed E-state index contributed by atoms with van der Waals surface area (Å²) in [5.74, 6) is 0. The maximum Gasteiger partial charge on any atom is 0.518 e. The molecule has 0 radical (unpaired) electrons. The average Bonchev–Trinajstić information content (AvgIpc) is 1.98. The Labute approximate surface area is 90.4 Å². The van der Waals surface area contributed by atoms with Crippen LogP contribution in [-0.4, -0.2) is 34.2 Å². The molecule has 0 saturated carbocycles. The summed E-state index contributed by atoms with van der Waals surface area (Å²) in [6, 6.07) is 0. The number of rotatable bonds is 3. The molecule has 0 amide bonds. The first-order chi connectivity index (χ1) is 7.21. The lowest BCUT2D eigenvalue weighted by Gasteiger charge is -2.06. The van der Waals surface area contributed by atoms with Gasteiger partial charge in [-0.25, -0.2) is 0 Å². The highest BCUT2D eigenvalue weighted by Gasteiger charge is 2.47. The van der Waals surface area contributed by atoms with Gasteiger partial charge in [-0.3, -0.25) is 4.72 Å². The molecule has 0 atom stereocenters. The lowest BCUT2D eigenvalue weighted by molar-refractivity contribution is -0.0443. The van der Waals surface area contributed by atoms with E-state index < -0.39 is 37.4 Å². The Morgan fingerprint density at radius 3 is 1.59 bits per heavy atom. The number of nitrogens with one attached hydrogen (secondary N) is 1. The zero-order valence-corrected chi connectivity index (χ0v) is 8.87. The number of alkyl halides is 6. The second kappa shape index (κ2) is 4.32. The minimum atomic E-state index is -6.09. The highest BCUT2D eigenvalue weighted by Crippen LogP contribution is 2.24. The smallest absolute Gasteiger partial charge is 0.265 e. The molecule has 0 fully saturated rings. The molecule has 1 N–H and O–H groups in total. The lowest BCUT2D eigenvalue weighted by Crippen LogP contribution is -2.36. The van der Waals surface area contributed by atoms with E-state index in [1.54, 1.807) is 4.40 Å². The fraction of sp³-hybridized carbons (Fsp3) is 0.667. The van der Waals surface area contributed by atoms with Crippen LogP contribution in [0.5, 0.6) is 0 Å². The third-order valence-corrected chi connectivity index (χ3v) is 2.99. The normalized spacial score (nSPS) is 15.2. The van der Waals surface area contributed by atoms with Gasteiger partial charge in [0.25, 0.3) is 0 Å². The van der Waals surface area contributed by atoms with Crippen molar-refractivity contribution in [1.29, 1.82) is 0 Å². The predicted octanol–water partition coefficient (Wildman–Crippen LogP) is 0.304. The summed E-state index contributed by atoms with van der Waals surface area (Å²) >= 11 is 0. The molecule has 0 aromatic heterocycles. The number of hydrogen-bond acceptors (Lipinski definition) is 4. The maximum absolute atomic E-state index is 11.6. The summed E-state index contributed by atoms with van der Waals surface area (Å²) in [4.78, 5) is 0. The van der Waals surface area contributed by atoms with Crippen molar-refractivity contribution < 1.29 is 43.2 Å². The summed E-state index contributed by atoms with van der Waals surface area (Å²) in [6.45, 7) is 0. The first kappa shape index (κ1) is 16.0. The minimum absolute atomic E-state index is 0.404. The SMILES string of the molecule is O=S(=O)(/N=C/NS(=O)(=O)C(F)(F)F)C(F)(F)F. The van der Waals surface area contributed by atoms with E-state index in [0.29, 0.717) is 4.72 Å². The van der Waals surface area contributed by atoms with Crippen molar-refractivity contribution in [2.75, 3.05) is 0 Å². The van der Waals surface area contributed by atoms with Gasteiger partial charge in [0, 0.05) is 0 Å². The zero-order chi connectivity index (χ0) is 14.1. The third kappa shape index (κ3) is 4.03. The van der Waals surface area contributed by atoms with E-state index in [1.807, 2.05) is 0 Å². The van der Waals surface area contributed by atoms with Crippen LogP contribution in [0.4, 0.5) is 26.3 Å². The fourth-order valence-corrected chi connectivity index (χ4v) is 0.990.